The van der Waals surface area contributed by atoms with E-state index in [1.807, 2.05) is 30.3 Å². The van der Waals surface area contributed by atoms with Crippen LogP contribution in [0, 0.1) is 0 Å². The van der Waals surface area contributed by atoms with Gasteiger partial charge in [-0.25, -0.2) is 0 Å². The summed E-state index contributed by atoms with van der Waals surface area (Å²) < 4.78 is 12.6. The van der Waals surface area contributed by atoms with Gasteiger partial charge < -0.3 is 9.47 Å². The van der Waals surface area contributed by atoms with Gasteiger partial charge in [-0.2, -0.15) is 9.61 Å². The van der Waals surface area contributed by atoms with Crippen molar-refractivity contribution < 1.29 is 9.47 Å². The minimum atomic E-state index is -0.0984. The molecule has 0 spiro atoms. The molecule has 0 amide bonds. The largest absolute Gasteiger partial charge is 0.350 e. The van der Waals surface area contributed by atoms with Crippen molar-refractivity contribution in [2.75, 3.05) is 19.0 Å². The lowest BCUT2D eigenvalue weighted by Gasteiger charge is -2.07. The molecule has 0 aromatic carbocycles. The van der Waals surface area contributed by atoms with E-state index in [1.54, 1.807) is 22.5 Å². The van der Waals surface area contributed by atoms with Gasteiger partial charge in [-0.05, 0) is 24.3 Å². The van der Waals surface area contributed by atoms with E-state index in [0.29, 0.717) is 13.2 Å². The van der Waals surface area contributed by atoms with E-state index in [-0.39, 0.29) is 6.29 Å². The number of hydrogen-bond donors (Lipinski definition) is 0. The highest BCUT2D eigenvalue weighted by Gasteiger charge is 2.16. The molecule has 0 N–H and O–H groups in total. The Kier molecular flexibility index (Phi) is 4.18. The molecule has 23 heavy (non-hydrogen) atoms. The first-order valence-corrected chi connectivity index (χ1v) is 8.38. The van der Waals surface area contributed by atoms with E-state index in [2.05, 4.69) is 20.3 Å². The van der Waals surface area contributed by atoms with Crippen LogP contribution in [0.2, 0.25) is 0 Å². The van der Waals surface area contributed by atoms with Crippen molar-refractivity contribution in [1.82, 2.24) is 24.8 Å². The predicted octanol–water partition coefficient (Wildman–Crippen LogP) is 2.04. The van der Waals surface area contributed by atoms with Crippen molar-refractivity contribution >= 4 is 17.4 Å². The molecule has 3 aromatic heterocycles. The minimum Gasteiger partial charge on any atom is -0.350 e. The van der Waals surface area contributed by atoms with Crippen molar-refractivity contribution in [2.24, 2.45) is 0 Å². The first-order chi connectivity index (χ1) is 11.4. The molecule has 1 fully saturated rings. The molecule has 0 radical (unpaired) electrons. The summed E-state index contributed by atoms with van der Waals surface area (Å²) in [6, 6.07) is 9.56. The maximum Gasteiger partial charge on any atom is 0.212 e. The van der Waals surface area contributed by atoms with Gasteiger partial charge in [-0.1, -0.05) is 17.8 Å². The topological polar surface area (TPSA) is 74.4 Å². The Bertz CT molecular complexity index is 789. The monoisotopic (exact) mass is 329 g/mol. The lowest BCUT2D eigenvalue weighted by molar-refractivity contribution is -0.0421. The van der Waals surface area contributed by atoms with Gasteiger partial charge in [0.25, 0.3) is 0 Å². The highest BCUT2D eigenvalue weighted by Crippen LogP contribution is 2.21. The standard InChI is InChI=1S/C15H15N5O2S/c1-2-7-16-11(3-1)12-4-5-13-17-18-15(20(13)19-12)23-10-6-14-21-8-9-22-14/h1-5,7,14H,6,8-10H2. The van der Waals surface area contributed by atoms with Crippen molar-refractivity contribution in [3.8, 4) is 11.4 Å². The fourth-order valence-corrected chi connectivity index (χ4v) is 3.18. The third-order valence-electron chi connectivity index (χ3n) is 3.44. The number of thioether (sulfide) groups is 1. The zero-order chi connectivity index (χ0) is 15.5. The lowest BCUT2D eigenvalue weighted by atomic mass is 10.2. The predicted molar refractivity (Wildman–Crippen MR) is 85.0 cm³/mol. The second-order valence-electron chi connectivity index (χ2n) is 4.99. The van der Waals surface area contributed by atoms with E-state index in [9.17, 15) is 0 Å². The summed E-state index contributed by atoms with van der Waals surface area (Å²) >= 11 is 1.59. The Labute approximate surface area is 137 Å². The van der Waals surface area contributed by atoms with Gasteiger partial charge in [0.15, 0.2) is 11.9 Å². The van der Waals surface area contributed by atoms with Gasteiger partial charge in [-0.15, -0.1) is 10.2 Å². The summed E-state index contributed by atoms with van der Waals surface area (Å²) in [4.78, 5) is 4.33. The van der Waals surface area contributed by atoms with Crippen molar-refractivity contribution in [3.63, 3.8) is 0 Å². The smallest absolute Gasteiger partial charge is 0.212 e. The molecule has 7 nitrogen and oxygen atoms in total. The molecule has 4 heterocycles. The van der Waals surface area contributed by atoms with E-state index >= 15 is 0 Å². The van der Waals surface area contributed by atoms with Crippen molar-refractivity contribution in [2.45, 2.75) is 17.9 Å². The number of hydrogen-bond acceptors (Lipinski definition) is 7. The Morgan fingerprint density at radius 2 is 2.00 bits per heavy atom. The van der Waals surface area contributed by atoms with Crippen LogP contribution in [0.1, 0.15) is 6.42 Å². The van der Waals surface area contributed by atoms with Crippen LogP contribution in [0.5, 0.6) is 0 Å². The molecule has 4 rings (SSSR count). The van der Waals surface area contributed by atoms with E-state index in [0.717, 1.165) is 34.4 Å². The number of rotatable bonds is 5. The number of pyridine rings is 1. The lowest BCUT2D eigenvalue weighted by Crippen LogP contribution is -2.08. The number of ether oxygens (including phenoxy) is 2. The maximum absolute atomic E-state index is 5.43. The summed E-state index contributed by atoms with van der Waals surface area (Å²) in [5.41, 5.74) is 2.34. The Morgan fingerprint density at radius 3 is 2.83 bits per heavy atom. The summed E-state index contributed by atoms with van der Waals surface area (Å²) in [6.45, 7) is 1.36. The number of aromatic nitrogens is 5. The van der Waals surface area contributed by atoms with Gasteiger partial charge in [0.2, 0.25) is 5.16 Å². The van der Waals surface area contributed by atoms with E-state index in [4.69, 9.17) is 9.47 Å². The first-order valence-electron chi connectivity index (χ1n) is 7.40. The Hall–Kier alpha value is -2.03. The minimum absolute atomic E-state index is 0.0984. The quantitative estimate of drug-likeness (QED) is 0.663. The molecule has 0 saturated carbocycles. The van der Waals surface area contributed by atoms with Crippen LogP contribution in [0.15, 0.2) is 41.7 Å². The molecule has 0 aliphatic carbocycles. The van der Waals surface area contributed by atoms with E-state index < -0.39 is 0 Å². The summed E-state index contributed by atoms with van der Waals surface area (Å²) in [5, 5.41) is 13.7. The maximum atomic E-state index is 5.43. The normalized spacial score (nSPS) is 15.5. The van der Waals surface area contributed by atoms with Crippen molar-refractivity contribution in [1.29, 1.82) is 0 Å². The average Bonchev–Trinajstić information content (AvgIpc) is 3.25. The van der Waals surface area contributed by atoms with Crippen LogP contribution >= 0.6 is 11.8 Å². The third kappa shape index (κ3) is 3.19. The highest BCUT2D eigenvalue weighted by molar-refractivity contribution is 7.99. The number of nitrogens with zero attached hydrogens (tertiary/aromatic N) is 5. The van der Waals surface area contributed by atoms with Crippen LogP contribution in [0.3, 0.4) is 0 Å². The van der Waals surface area contributed by atoms with Gasteiger partial charge >= 0.3 is 0 Å². The van der Waals surface area contributed by atoms with Crippen LogP contribution in [0.4, 0.5) is 0 Å². The van der Waals surface area contributed by atoms with Crippen LogP contribution in [-0.2, 0) is 9.47 Å². The van der Waals surface area contributed by atoms with Gasteiger partial charge in [0.05, 0.1) is 18.9 Å². The SMILES string of the molecule is c1ccc(-c2ccc3nnc(SCCC4OCCO4)n3n2)nc1. The second-order valence-corrected chi connectivity index (χ2v) is 6.06. The molecule has 0 bridgehead atoms. The fourth-order valence-electron chi connectivity index (χ4n) is 2.33. The van der Waals surface area contributed by atoms with E-state index in [1.165, 1.54) is 0 Å². The van der Waals surface area contributed by atoms with Crippen LogP contribution in [-0.4, -0.2) is 50.1 Å². The van der Waals surface area contributed by atoms with Crippen LogP contribution in [0.25, 0.3) is 17.0 Å². The number of fused-ring (bicyclic) bond motifs is 1. The van der Waals surface area contributed by atoms with Gasteiger partial charge in [-0.3, -0.25) is 4.98 Å². The molecule has 1 saturated heterocycles. The molecule has 118 valence electrons. The van der Waals surface area contributed by atoms with Gasteiger partial charge in [0, 0.05) is 18.4 Å². The zero-order valence-electron chi connectivity index (χ0n) is 12.3. The molecule has 0 atom stereocenters. The zero-order valence-corrected chi connectivity index (χ0v) is 13.1. The average molecular weight is 329 g/mol. The Morgan fingerprint density at radius 1 is 1.09 bits per heavy atom. The third-order valence-corrected chi connectivity index (χ3v) is 4.39. The first kappa shape index (κ1) is 14.6. The summed E-state index contributed by atoms with van der Waals surface area (Å²) in [5.74, 6) is 0.834. The molecular formula is C15H15N5O2S. The second kappa shape index (κ2) is 6.61. The molecule has 1 aliphatic heterocycles. The molecule has 0 unspecified atom stereocenters. The molecule has 1 aliphatic rings. The summed E-state index contributed by atoms with van der Waals surface area (Å²) in [7, 11) is 0. The molecule has 3 aromatic rings. The summed E-state index contributed by atoms with van der Waals surface area (Å²) in [6.07, 6.45) is 2.48. The fraction of sp³-hybridized carbons (Fsp3) is 0.333. The Balaban J connectivity index is 1.53. The highest BCUT2D eigenvalue weighted by atomic mass is 32.2. The van der Waals surface area contributed by atoms with Gasteiger partial charge in [0.1, 0.15) is 5.69 Å². The molecular weight excluding hydrogens is 314 g/mol. The molecule has 8 heteroatoms. The van der Waals surface area contributed by atoms with Crippen LogP contribution < -0.4 is 0 Å². The van der Waals surface area contributed by atoms with Crippen molar-refractivity contribution in [3.05, 3.63) is 36.5 Å².